The maximum absolute atomic E-state index is 12.0. The number of allylic oxidation sites excluding steroid dienone is 4. The molecular weight excluding hydrogens is 376 g/mol. The number of hydrogen-bond donors (Lipinski definition) is 0. The van der Waals surface area contributed by atoms with E-state index >= 15 is 0 Å². The Labute approximate surface area is 190 Å². The summed E-state index contributed by atoms with van der Waals surface area (Å²) in [7, 11) is 0. The number of fused-ring (bicyclic) bond motifs is 2. The van der Waals surface area contributed by atoms with Gasteiger partial charge in [-0.2, -0.15) is 23.5 Å². The Morgan fingerprint density at radius 1 is 0.600 bits per heavy atom. The molecule has 2 heterocycles. The van der Waals surface area contributed by atoms with E-state index in [9.17, 15) is 10.2 Å². The van der Waals surface area contributed by atoms with Gasteiger partial charge in [0.1, 0.15) is 0 Å². The van der Waals surface area contributed by atoms with Gasteiger partial charge in [0.25, 0.3) is 0 Å². The largest absolute Gasteiger partial charge is 2.00 e. The summed E-state index contributed by atoms with van der Waals surface area (Å²) >= 11 is 3.05. The van der Waals surface area contributed by atoms with Gasteiger partial charge < -0.3 is 10.2 Å². The SMILES string of the molecule is CC(C)(C)C12C=CC=CC1([O-])S2.CC(C)(C)C12C=CC=CC1([O-])S2.[Ca+2]. The van der Waals surface area contributed by atoms with E-state index in [4.69, 9.17) is 0 Å². The Kier molecular flexibility index (Phi) is 5.70. The summed E-state index contributed by atoms with van der Waals surface area (Å²) in [5.74, 6) is 0. The molecule has 0 amide bonds. The summed E-state index contributed by atoms with van der Waals surface area (Å²) in [6.07, 6.45) is 15.4. The maximum Gasteiger partial charge on any atom is 2.00 e. The van der Waals surface area contributed by atoms with Gasteiger partial charge in [-0.05, 0) is 20.7 Å². The monoisotopic (exact) mass is 402 g/mol. The van der Waals surface area contributed by atoms with Crippen molar-refractivity contribution in [1.82, 2.24) is 0 Å². The van der Waals surface area contributed by atoms with Crippen molar-refractivity contribution in [2.45, 2.75) is 60.9 Å². The summed E-state index contributed by atoms with van der Waals surface area (Å²) in [6, 6.07) is 0. The standard InChI is InChI=1S/2C10H13OS.Ca/c2*1-8(2,3)9-6-4-5-7-10(9,11)12-9;/h2*4-7H,1-3H3;/q2*-1;+2. The molecule has 0 spiro atoms. The van der Waals surface area contributed by atoms with Gasteiger partial charge >= 0.3 is 37.7 Å². The summed E-state index contributed by atoms with van der Waals surface area (Å²) < 4.78 is -0.372. The van der Waals surface area contributed by atoms with Crippen LogP contribution in [0.25, 0.3) is 0 Å². The van der Waals surface area contributed by atoms with Crippen LogP contribution in [-0.4, -0.2) is 57.1 Å². The number of thioether (sulfide) groups is 2. The molecular formula is C20H26CaO2S2. The molecule has 0 aromatic carbocycles. The predicted octanol–water partition coefficient (Wildman–Crippen LogP) is 3.02. The second-order valence-corrected chi connectivity index (χ2v) is 11.9. The van der Waals surface area contributed by atoms with Crippen molar-refractivity contribution >= 4 is 61.3 Å². The summed E-state index contributed by atoms with van der Waals surface area (Å²) in [5, 5.41) is 24.0. The van der Waals surface area contributed by atoms with Crippen LogP contribution in [0.5, 0.6) is 0 Å². The molecule has 0 bridgehead atoms. The van der Waals surface area contributed by atoms with Crippen molar-refractivity contribution in [2.75, 3.05) is 0 Å². The van der Waals surface area contributed by atoms with Gasteiger partial charge in [0.15, 0.2) is 0 Å². The van der Waals surface area contributed by atoms with Crippen molar-refractivity contribution in [2.24, 2.45) is 10.8 Å². The van der Waals surface area contributed by atoms with E-state index in [1.807, 2.05) is 24.3 Å². The quantitative estimate of drug-likeness (QED) is 0.462. The second-order valence-electron chi connectivity index (χ2n) is 8.95. The smallest absolute Gasteiger partial charge is 0.837 e. The van der Waals surface area contributed by atoms with Crippen molar-refractivity contribution in [3.63, 3.8) is 0 Å². The van der Waals surface area contributed by atoms with Crippen LogP contribution in [0.15, 0.2) is 48.6 Å². The molecule has 0 N–H and O–H groups in total. The third kappa shape index (κ3) is 3.28. The third-order valence-electron chi connectivity index (χ3n) is 5.32. The molecule has 5 heteroatoms. The van der Waals surface area contributed by atoms with Crippen molar-refractivity contribution in [1.29, 1.82) is 0 Å². The summed E-state index contributed by atoms with van der Waals surface area (Å²) in [5.41, 5.74) is 0.112. The number of rotatable bonds is 0. The van der Waals surface area contributed by atoms with Crippen LogP contribution < -0.4 is 10.2 Å². The van der Waals surface area contributed by atoms with Gasteiger partial charge in [-0.25, -0.2) is 0 Å². The van der Waals surface area contributed by atoms with E-state index in [0.717, 1.165) is 0 Å². The number of hydrogen-bond acceptors (Lipinski definition) is 4. The second kappa shape index (κ2) is 6.43. The molecule has 4 unspecified atom stereocenters. The fourth-order valence-corrected chi connectivity index (χ4v) is 6.58. The first-order valence-electron chi connectivity index (χ1n) is 8.38. The van der Waals surface area contributed by atoms with Gasteiger partial charge in [0.2, 0.25) is 0 Å². The van der Waals surface area contributed by atoms with Crippen molar-refractivity contribution in [3.05, 3.63) is 48.6 Å². The van der Waals surface area contributed by atoms with Crippen molar-refractivity contribution < 1.29 is 10.2 Å². The van der Waals surface area contributed by atoms with E-state index in [0.29, 0.717) is 0 Å². The Morgan fingerprint density at radius 2 is 0.880 bits per heavy atom. The maximum atomic E-state index is 12.0. The first kappa shape index (κ1) is 22.1. The van der Waals surface area contributed by atoms with Gasteiger partial charge in [-0.1, -0.05) is 90.2 Å². The van der Waals surface area contributed by atoms with Crippen LogP contribution in [0.1, 0.15) is 41.5 Å². The average Bonchev–Trinajstić information content (AvgIpc) is 3.26. The molecule has 2 aliphatic heterocycles. The average molecular weight is 403 g/mol. The Hall–Kier alpha value is 0.840. The molecule has 4 atom stereocenters. The van der Waals surface area contributed by atoms with E-state index in [-0.39, 0.29) is 58.1 Å². The van der Waals surface area contributed by atoms with Crippen LogP contribution in [-0.2, 0) is 0 Å². The van der Waals surface area contributed by atoms with Crippen LogP contribution >= 0.6 is 23.5 Å². The Morgan fingerprint density at radius 3 is 1.08 bits per heavy atom. The minimum Gasteiger partial charge on any atom is -0.837 e. The zero-order valence-corrected chi connectivity index (χ0v) is 19.8. The molecule has 2 nitrogen and oxygen atoms in total. The molecule has 2 fully saturated rings. The first-order valence-corrected chi connectivity index (χ1v) is 10.0. The third-order valence-corrected chi connectivity index (χ3v) is 9.18. The molecule has 2 aliphatic carbocycles. The molecule has 0 aromatic heterocycles. The zero-order chi connectivity index (χ0) is 18.1. The van der Waals surface area contributed by atoms with E-state index in [1.54, 1.807) is 12.2 Å². The van der Waals surface area contributed by atoms with E-state index in [1.165, 1.54) is 23.5 Å². The van der Waals surface area contributed by atoms with Crippen molar-refractivity contribution in [3.8, 4) is 0 Å². The molecule has 0 aromatic rings. The normalized spacial score (nSPS) is 42.6. The van der Waals surface area contributed by atoms with Gasteiger partial charge in [0.05, 0.1) is 0 Å². The van der Waals surface area contributed by atoms with Gasteiger partial charge in [-0.15, -0.1) is 0 Å². The predicted molar refractivity (Wildman–Crippen MR) is 107 cm³/mol. The Balaban J connectivity index is 0.000000173. The molecule has 0 radical (unpaired) electrons. The van der Waals surface area contributed by atoms with Crippen LogP contribution in [0, 0.1) is 10.8 Å². The minimum absolute atomic E-state index is 0. The molecule has 4 aliphatic rings. The minimum atomic E-state index is -0.875. The van der Waals surface area contributed by atoms with Crippen LogP contribution in [0.3, 0.4) is 0 Å². The fraction of sp³-hybridized carbons (Fsp3) is 0.600. The summed E-state index contributed by atoms with van der Waals surface area (Å²) in [6.45, 7) is 12.8. The molecule has 4 rings (SSSR count). The first-order chi connectivity index (χ1) is 10.8. The Bertz CT molecular complexity index is 612. The molecule has 2 saturated heterocycles. The summed E-state index contributed by atoms with van der Waals surface area (Å²) in [4.78, 5) is -1.75. The zero-order valence-electron chi connectivity index (χ0n) is 16.0. The van der Waals surface area contributed by atoms with E-state index < -0.39 is 9.87 Å². The fourth-order valence-electron chi connectivity index (χ4n) is 3.64. The van der Waals surface area contributed by atoms with Crippen LogP contribution in [0.4, 0.5) is 0 Å². The van der Waals surface area contributed by atoms with Gasteiger partial charge in [0, 0.05) is 9.49 Å². The van der Waals surface area contributed by atoms with Gasteiger partial charge in [-0.3, -0.25) is 0 Å². The molecule has 132 valence electrons. The van der Waals surface area contributed by atoms with E-state index in [2.05, 4.69) is 53.7 Å². The molecule has 0 saturated carbocycles. The molecule has 25 heavy (non-hydrogen) atoms. The topological polar surface area (TPSA) is 46.1 Å². The van der Waals surface area contributed by atoms with Crippen LogP contribution in [0.2, 0.25) is 0 Å².